The van der Waals surface area contributed by atoms with Crippen LogP contribution in [0.5, 0.6) is 11.5 Å². The highest BCUT2D eigenvalue weighted by Gasteiger charge is 2.42. The van der Waals surface area contributed by atoms with Crippen LogP contribution in [0.25, 0.3) is 0 Å². The number of hydrogen-bond acceptors (Lipinski definition) is 6. The van der Waals surface area contributed by atoms with E-state index in [1.165, 1.54) is 0 Å². The second kappa shape index (κ2) is 12.5. The molecule has 212 valence electrons. The smallest absolute Gasteiger partial charge is 0.336 e. The molecule has 0 bridgehead atoms. The number of ether oxygens (including phenoxy) is 3. The molecule has 0 saturated heterocycles. The summed E-state index contributed by atoms with van der Waals surface area (Å²) in [4.78, 5) is 27.7. The molecule has 0 aromatic heterocycles. The van der Waals surface area contributed by atoms with Gasteiger partial charge in [-0.15, -0.1) is 0 Å². The van der Waals surface area contributed by atoms with Crippen molar-refractivity contribution >= 4 is 11.8 Å². The van der Waals surface area contributed by atoms with Crippen LogP contribution >= 0.6 is 0 Å². The van der Waals surface area contributed by atoms with Gasteiger partial charge in [-0.1, -0.05) is 60.7 Å². The Labute approximate surface area is 242 Å². The van der Waals surface area contributed by atoms with E-state index in [2.05, 4.69) is 5.32 Å². The number of benzene rings is 3. The van der Waals surface area contributed by atoms with Crippen molar-refractivity contribution in [3.63, 3.8) is 0 Å². The van der Waals surface area contributed by atoms with Gasteiger partial charge in [0.2, 0.25) is 0 Å². The predicted molar refractivity (Wildman–Crippen MR) is 159 cm³/mol. The van der Waals surface area contributed by atoms with Crippen LogP contribution in [0.4, 0.5) is 0 Å². The Morgan fingerprint density at radius 2 is 1.66 bits per heavy atom. The van der Waals surface area contributed by atoms with E-state index < -0.39 is 11.9 Å². The van der Waals surface area contributed by atoms with Crippen LogP contribution in [-0.2, 0) is 20.7 Å². The maximum atomic E-state index is 14.0. The fraction of sp³-hybridized carbons (Fsp3) is 0.314. The Bertz CT molecular complexity index is 1470. The van der Waals surface area contributed by atoms with Crippen molar-refractivity contribution in [2.24, 2.45) is 0 Å². The van der Waals surface area contributed by atoms with E-state index >= 15 is 0 Å². The minimum absolute atomic E-state index is 0.0194. The average Bonchev–Trinajstić information content (AvgIpc) is 2.97. The van der Waals surface area contributed by atoms with Gasteiger partial charge in [0.25, 0.3) is 0 Å². The molecule has 1 aliphatic heterocycles. The molecule has 2 aliphatic rings. The van der Waals surface area contributed by atoms with Crippen LogP contribution in [0.2, 0.25) is 0 Å². The molecule has 1 heterocycles. The molecule has 0 amide bonds. The van der Waals surface area contributed by atoms with Gasteiger partial charge in [-0.2, -0.15) is 0 Å². The quantitative estimate of drug-likeness (QED) is 0.301. The normalized spacial score (nSPS) is 18.6. The monoisotopic (exact) mass is 551 g/mol. The van der Waals surface area contributed by atoms with Gasteiger partial charge in [-0.25, -0.2) is 4.79 Å². The zero-order valence-corrected chi connectivity index (χ0v) is 24.1. The fourth-order valence-corrected chi connectivity index (χ4v) is 5.80. The lowest BCUT2D eigenvalue weighted by atomic mass is 9.71. The summed E-state index contributed by atoms with van der Waals surface area (Å²) in [6.45, 7) is 6.07. The van der Waals surface area contributed by atoms with E-state index in [0.717, 1.165) is 28.1 Å². The van der Waals surface area contributed by atoms with Crippen molar-refractivity contribution in [1.29, 1.82) is 0 Å². The highest BCUT2D eigenvalue weighted by atomic mass is 16.5. The molecular weight excluding hydrogens is 514 g/mol. The SMILES string of the molecule is COc1ccc([C@@H]2CC(=O)C3=C(C2)NC(C)=C(C(=O)OCCc2ccccc2)[C@@H]3c2ccccc2OC(C)C)cc1. The van der Waals surface area contributed by atoms with Gasteiger partial charge in [0.15, 0.2) is 5.78 Å². The molecule has 41 heavy (non-hydrogen) atoms. The van der Waals surface area contributed by atoms with Crippen LogP contribution in [0, 0.1) is 0 Å². The first-order chi connectivity index (χ1) is 19.9. The summed E-state index contributed by atoms with van der Waals surface area (Å²) in [7, 11) is 1.64. The summed E-state index contributed by atoms with van der Waals surface area (Å²) in [6, 6.07) is 25.5. The Kier molecular flexibility index (Phi) is 8.58. The Hall–Kier alpha value is -4.32. The van der Waals surface area contributed by atoms with Gasteiger partial charge in [0.1, 0.15) is 11.5 Å². The first kappa shape index (κ1) is 28.2. The molecule has 1 N–H and O–H groups in total. The van der Waals surface area contributed by atoms with Crippen LogP contribution in [-0.4, -0.2) is 31.6 Å². The Morgan fingerprint density at radius 3 is 2.37 bits per heavy atom. The van der Waals surface area contributed by atoms with Gasteiger partial charge < -0.3 is 19.5 Å². The number of hydrogen-bond donors (Lipinski definition) is 1. The van der Waals surface area contributed by atoms with E-state index in [0.29, 0.717) is 41.9 Å². The molecule has 3 aromatic carbocycles. The lowest BCUT2D eigenvalue weighted by Crippen LogP contribution is -2.36. The third-order valence-electron chi connectivity index (χ3n) is 7.69. The highest BCUT2D eigenvalue weighted by Crippen LogP contribution is 2.48. The maximum Gasteiger partial charge on any atom is 0.336 e. The van der Waals surface area contributed by atoms with Gasteiger partial charge >= 0.3 is 5.97 Å². The number of Topliss-reactive ketones (excluding diaryl/α,β-unsaturated/α-hetero) is 1. The van der Waals surface area contributed by atoms with Crippen LogP contribution in [0.3, 0.4) is 0 Å². The predicted octanol–water partition coefficient (Wildman–Crippen LogP) is 6.63. The third-order valence-corrected chi connectivity index (χ3v) is 7.69. The summed E-state index contributed by atoms with van der Waals surface area (Å²) >= 11 is 0. The molecule has 0 saturated carbocycles. The molecule has 1 aliphatic carbocycles. The molecule has 0 radical (unpaired) electrons. The number of rotatable bonds is 9. The number of methoxy groups -OCH3 is 1. The number of ketones is 1. The van der Waals surface area contributed by atoms with Crippen molar-refractivity contribution in [3.8, 4) is 11.5 Å². The number of carbonyl (C=O) groups excluding carboxylic acids is 2. The fourth-order valence-electron chi connectivity index (χ4n) is 5.80. The van der Waals surface area contributed by atoms with Crippen LogP contribution < -0.4 is 14.8 Å². The lowest BCUT2D eigenvalue weighted by molar-refractivity contribution is -0.139. The molecule has 0 spiro atoms. The molecular formula is C35H37NO5. The zero-order valence-electron chi connectivity index (χ0n) is 24.1. The minimum atomic E-state index is -0.588. The van der Waals surface area contributed by atoms with Crippen molar-refractivity contribution in [3.05, 3.63) is 118 Å². The summed E-state index contributed by atoms with van der Waals surface area (Å²) in [5, 5.41) is 3.44. The number of allylic oxidation sites excluding steroid dienone is 3. The van der Waals surface area contributed by atoms with Gasteiger partial charge in [0, 0.05) is 35.4 Å². The van der Waals surface area contributed by atoms with E-state index in [-0.39, 0.29) is 24.4 Å². The molecule has 2 atom stereocenters. The van der Waals surface area contributed by atoms with Crippen LogP contribution in [0.1, 0.15) is 62.1 Å². The van der Waals surface area contributed by atoms with Gasteiger partial charge in [0.05, 0.1) is 31.3 Å². The molecule has 6 heteroatoms. The number of carbonyl (C=O) groups is 2. The molecule has 3 aromatic rings. The van der Waals surface area contributed by atoms with E-state index in [1.54, 1.807) is 7.11 Å². The highest BCUT2D eigenvalue weighted by molar-refractivity contribution is 6.04. The van der Waals surface area contributed by atoms with Crippen molar-refractivity contribution < 1.29 is 23.8 Å². The molecule has 0 fully saturated rings. The van der Waals surface area contributed by atoms with Gasteiger partial charge in [-0.3, -0.25) is 4.79 Å². The number of para-hydroxylation sites is 1. The van der Waals surface area contributed by atoms with Crippen molar-refractivity contribution in [2.45, 2.75) is 58.0 Å². The molecule has 5 rings (SSSR count). The summed E-state index contributed by atoms with van der Waals surface area (Å²) in [5.41, 5.74) is 5.59. The first-order valence-electron chi connectivity index (χ1n) is 14.2. The number of nitrogens with one attached hydrogen (secondary N) is 1. The third kappa shape index (κ3) is 6.22. The zero-order chi connectivity index (χ0) is 28.9. The van der Waals surface area contributed by atoms with Crippen LogP contribution in [0.15, 0.2) is 101 Å². The summed E-state index contributed by atoms with van der Waals surface area (Å²) in [5.74, 6) is 0.471. The molecule has 6 nitrogen and oxygen atoms in total. The standard InChI is InChI=1S/C35H37NO5/c1-22(2)41-31-13-9-8-12-28(31)33-32(35(38)40-19-18-24-10-6-5-7-11-24)23(3)36-29-20-26(21-30(37)34(29)33)25-14-16-27(39-4)17-15-25/h5-17,22,26,33,36H,18-21H2,1-4H3/t26-,33-/m0/s1. The van der Waals surface area contributed by atoms with Crippen molar-refractivity contribution in [1.82, 2.24) is 5.32 Å². The topological polar surface area (TPSA) is 73.9 Å². The van der Waals surface area contributed by atoms with Crippen molar-refractivity contribution in [2.75, 3.05) is 13.7 Å². The number of dihydropyridines is 1. The van der Waals surface area contributed by atoms with E-state index in [1.807, 2.05) is 99.6 Å². The Balaban J connectivity index is 1.50. The maximum absolute atomic E-state index is 14.0. The van der Waals surface area contributed by atoms with Gasteiger partial charge in [-0.05, 0) is 62.4 Å². The summed E-state index contributed by atoms with van der Waals surface area (Å²) in [6.07, 6.45) is 1.55. The second-order valence-electron chi connectivity index (χ2n) is 10.9. The Morgan fingerprint density at radius 1 is 0.951 bits per heavy atom. The van der Waals surface area contributed by atoms with E-state index in [9.17, 15) is 9.59 Å². The largest absolute Gasteiger partial charge is 0.497 e. The minimum Gasteiger partial charge on any atom is -0.497 e. The summed E-state index contributed by atoms with van der Waals surface area (Å²) < 4.78 is 17.3. The number of esters is 1. The second-order valence-corrected chi connectivity index (χ2v) is 10.9. The van der Waals surface area contributed by atoms with E-state index in [4.69, 9.17) is 14.2 Å². The lowest BCUT2D eigenvalue weighted by Gasteiger charge is -2.37. The average molecular weight is 552 g/mol. The molecule has 0 unspecified atom stereocenters. The first-order valence-corrected chi connectivity index (χ1v) is 14.2.